The van der Waals surface area contributed by atoms with Crippen molar-refractivity contribution >= 4 is 11.6 Å². The van der Waals surface area contributed by atoms with Gasteiger partial charge in [0.1, 0.15) is 11.5 Å². The number of phenolic OH excluding ortho intramolecular Hbond substituents is 2. The van der Waals surface area contributed by atoms with Gasteiger partial charge >= 0.3 is 0 Å². The summed E-state index contributed by atoms with van der Waals surface area (Å²) in [5, 5.41) is 19.6. The molecule has 3 aromatic carbocycles. The Hall–Kier alpha value is -3.00. The minimum Gasteiger partial charge on any atom is -0.508 e. The minimum atomic E-state index is -0.0936. The predicted octanol–water partition coefficient (Wildman–Crippen LogP) is 4.69. The molecule has 122 valence electrons. The van der Waals surface area contributed by atoms with Crippen LogP contribution in [0.1, 0.15) is 27.8 Å². The summed E-state index contributed by atoms with van der Waals surface area (Å²) in [7, 11) is 0. The van der Waals surface area contributed by atoms with E-state index in [-0.39, 0.29) is 11.2 Å². The number of fused-ring (bicyclic) bond motifs is 3. The molecule has 0 fully saturated rings. The molecule has 0 heterocycles. The van der Waals surface area contributed by atoms with Gasteiger partial charge in [-0.1, -0.05) is 42.5 Å². The van der Waals surface area contributed by atoms with Gasteiger partial charge in [0, 0.05) is 5.41 Å². The number of phenols is 2. The highest BCUT2D eigenvalue weighted by molar-refractivity contribution is 5.95. The second-order valence-electron chi connectivity index (χ2n) is 7.08. The lowest BCUT2D eigenvalue weighted by molar-refractivity contribution is 0.473. The van der Waals surface area contributed by atoms with E-state index in [1.807, 2.05) is 18.2 Å². The molecule has 0 radical (unpaired) electrons. The van der Waals surface area contributed by atoms with Gasteiger partial charge in [-0.25, -0.2) is 0 Å². The Labute approximate surface area is 146 Å². The fraction of sp³-hybridized carbons (Fsp3) is 0.130. The van der Waals surface area contributed by atoms with Crippen LogP contribution in [0.15, 0.2) is 66.7 Å². The van der Waals surface area contributed by atoms with E-state index in [0.717, 1.165) is 24.0 Å². The molecule has 0 aromatic heterocycles. The molecule has 2 N–H and O–H groups in total. The van der Waals surface area contributed by atoms with E-state index in [4.69, 9.17) is 0 Å². The topological polar surface area (TPSA) is 40.5 Å². The minimum absolute atomic E-state index is 0.0936. The SMILES string of the molecule is Oc1ccc(C2=Cc3cc(O)ccc3C23Cc2ccccc2C3)cc1. The van der Waals surface area contributed by atoms with Crippen molar-refractivity contribution in [2.24, 2.45) is 0 Å². The first-order valence-corrected chi connectivity index (χ1v) is 8.58. The fourth-order valence-electron chi connectivity index (χ4n) is 4.54. The molecule has 0 saturated heterocycles. The Morgan fingerprint density at radius 3 is 2.04 bits per heavy atom. The van der Waals surface area contributed by atoms with Gasteiger partial charge in [-0.2, -0.15) is 0 Å². The normalized spacial score (nSPS) is 16.6. The number of hydrogen-bond acceptors (Lipinski definition) is 2. The Morgan fingerprint density at radius 1 is 0.720 bits per heavy atom. The van der Waals surface area contributed by atoms with E-state index >= 15 is 0 Å². The zero-order valence-electron chi connectivity index (χ0n) is 13.7. The highest BCUT2D eigenvalue weighted by Gasteiger charge is 2.46. The maximum absolute atomic E-state index is 9.93. The number of benzene rings is 3. The van der Waals surface area contributed by atoms with E-state index in [1.54, 1.807) is 18.2 Å². The Morgan fingerprint density at radius 2 is 1.36 bits per heavy atom. The number of hydrogen-bond donors (Lipinski definition) is 2. The molecular weight excluding hydrogens is 308 g/mol. The number of allylic oxidation sites excluding steroid dienone is 1. The summed E-state index contributed by atoms with van der Waals surface area (Å²) >= 11 is 0. The second-order valence-corrected chi connectivity index (χ2v) is 7.08. The molecule has 3 aromatic rings. The summed E-state index contributed by atoms with van der Waals surface area (Å²) in [4.78, 5) is 0. The Balaban J connectivity index is 1.72. The number of aromatic hydroxyl groups is 2. The van der Waals surface area contributed by atoms with Crippen molar-refractivity contribution in [3.63, 3.8) is 0 Å². The van der Waals surface area contributed by atoms with Gasteiger partial charge in [0.25, 0.3) is 0 Å². The van der Waals surface area contributed by atoms with E-state index in [9.17, 15) is 10.2 Å². The van der Waals surface area contributed by atoms with E-state index in [2.05, 4.69) is 36.4 Å². The third-order valence-electron chi connectivity index (χ3n) is 5.65. The molecule has 0 bridgehead atoms. The third-order valence-corrected chi connectivity index (χ3v) is 5.65. The van der Waals surface area contributed by atoms with Crippen molar-refractivity contribution < 1.29 is 10.2 Å². The largest absolute Gasteiger partial charge is 0.508 e. The van der Waals surface area contributed by atoms with Crippen molar-refractivity contribution in [3.8, 4) is 11.5 Å². The van der Waals surface area contributed by atoms with Gasteiger partial charge in [0.05, 0.1) is 0 Å². The molecule has 0 saturated carbocycles. The molecule has 0 atom stereocenters. The first kappa shape index (κ1) is 14.4. The standard InChI is InChI=1S/C23H18O2/c24-19-7-5-15(6-8-19)22-12-18-11-20(25)9-10-21(18)23(22)13-16-3-1-2-4-17(16)14-23/h1-12,24-25H,13-14H2. The molecule has 2 nitrogen and oxygen atoms in total. The number of rotatable bonds is 1. The lowest BCUT2D eigenvalue weighted by atomic mass is 9.72. The molecule has 2 heteroatoms. The highest BCUT2D eigenvalue weighted by Crippen LogP contribution is 2.54. The quantitative estimate of drug-likeness (QED) is 0.681. The summed E-state index contributed by atoms with van der Waals surface area (Å²) < 4.78 is 0. The van der Waals surface area contributed by atoms with E-state index in [1.165, 1.54) is 22.3 Å². The molecular formula is C23H18O2. The predicted molar refractivity (Wildman–Crippen MR) is 99.6 cm³/mol. The van der Waals surface area contributed by atoms with Crippen LogP contribution in [0.25, 0.3) is 11.6 Å². The summed E-state index contributed by atoms with van der Waals surface area (Å²) in [6.07, 6.45) is 4.13. The van der Waals surface area contributed by atoms with Crippen molar-refractivity contribution in [1.29, 1.82) is 0 Å². The van der Waals surface area contributed by atoms with Crippen LogP contribution in [0.3, 0.4) is 0 Å². The average Bonchev–Trinajstić information content (AvgIpc) is 3.14. The van der Waals surface area contributed by atoms with Crippen molar-refractivity contribution in [1.82, 2.24) is 0 Å². The van der Waals surface area contributed by atoms with Gasteiger partial charge < -0.3 is 10.2 Å². The van der Waals surface area contributed by atoms with Gasteiger partial charge in [0.2, 0.25) is 0 Å². The van der Waals surface area contributed by atoms with Crippen LogP contribution in [0, 0.1) is 0 Å². The monoisotopic (exact) mass is 326 g/mol. The summed E-state index contributed by atoms with van der Waals surface area (Å²) in [6.45, 7) is 0. The fourth-order valence-corrected chi connectivity index (χ4v) is 4.54. The smallest absolute Gasteiger partial charge is 0.116 e. The molecule has 0 unspecified atom stereocenters. The first-order valence-electron chi connectivity index (χ1n) is 8.58. The van der Waals surface area contributed by atoms with Crippen LogP contribution >= 0.6 is 0 Å². The summed E-state index contributed by atoms with van der Waals surface area (Å²) in [6, 6.07) is 21.8. The van der Waals surface area contributed by atoms with Crippen LogP contribution in [0.2, 0.25) is 0 Å². The molecule has 1 spiro atoms. The molecule has 2 aliphatic carbocycles. The van der Waals surface area contributed by atoms with Gasteiger partial charge in [-0.05, 0) is 76.6 Å². The van der Waals surface area contributed by atoms with Crippen molar-refractivity contribution in [2.45, 2.75) is 18.3 Å². The van der Waals surface area contributed by atoms with Gasteiger partial charge in [-0.15, -0.1) is 0 Å². The van der Waals surface area contributed by atoms with Gasteiger partial charge in [-0.3, -0.25) is 0 Å². The van der Waals surface area contributed by atoms with Crippen LogP contribution in [-0.4, -0.2) is 10.2 Å². The zero-order chi connectivity index (χ0) is 17.0. The van der Waals surface area contributed by atoms with Crippen LogP contribution < -0.4 is 0 Å². The third kappa shape index (κ3) is 2.04. The zero-order valence-corrected chi connectivity index (χ0v) is 13.7. The summed E-state index contributed by atoms with van der Waals surface area (Å²) in [5.41, 5.74) is 7.47. The maximum atomic E-state index is 9.93. The van der Waals surface area contributed by atoms with E-state index < -0.39 is 0 Å². The maximum Gasteiger partial charge on any atom is 0.116 e. The average molecular weight is 326 g/mol. The Bertz CT molecular complexity index is 988. The molecule has 5 rings (SSSR count). The molecule has 25 heavy (non-hydrogen) atoms. The molecule has 0 aliphatic heterocycles. The Kier molecular flexibility index (Phi) is 2.87. The lowest BCUT2D eigenvalue weighted by Gasteiger charge is -2.30. The van der Waals surface area contributed by atoms with E-state index in [0.29, 0.717) is 5.75 Å². The van der Waals surface area contributed by atoms with Crippen LogP contribution in [0.5, 0.6) is 11.5 Å². The highest BCUT2D eigenvalue weighted by atomic mass is 16.3. The summed E-state index contributed by atoms with van der Waals surface area (Å²) in [5.74, 6) is 0.578. The lowest BCUT2D eigenvalue weighted by Crippen LogP contribution is -2.26. The van der Waals surface area contributed by atoms with Crippen LogP contribution in [-0.2, 0) is 18.3 Å². The van der Waals surface area contributed by atoms with Crippen molar-refractivity contribution in [3.05, 3.63) is 94.5 Å². The van der Waals surface area contributed by atoms with Crippen LogP contribution in [0.4, 0.5) is 0 Å². The molecule has 2 aliphatic rings. The second kappa shape index (κ2) is 5.00. The van der Waals surface area contributed by atoms with Gasteiger partial charge in [0.15, 0.2) is 0 Å². The van der Waals surface area contributed by atoms with Crippen molar-refractivity contribution in [2.75, 3.05) is 0 Å². The first-order chi connectivity index (χ1) is 12.2. The molecule has 0 amide bonds.